The average Bonchev–Trinajstić information content (AvgIpc) is 2.52. The van der Waals surface area contributed by atoms with Crippen molar-refractivity contribution in [1.82, 2.24) is 0 Å². The Morgan fingerprint density at radius 3 is 2.76 bits per heavy atom. The highest BCUT2D eigenvalue weighted by Gasteiger charge is 2.06. The minimum absolute atomic E-state index is 0.0665. The van der Waals surface area contributed by atoms with E-state index in [0.717, 1.165) is 18.4 Å². The Bertz CT molecular complexity index is 453. The van der Waals surface area contributed by atoms with Crippen molar-refractivity contribution in [3.05, 3.63) is 48.0 Å². The van der Waals surface area contributed by atoms with Crippen molar-refractivity contribution in [3.8, 4) is 11.8 Å². The predicted molar refractivity (Wildman–Crippen MR) is 87.7 cm³/mol. The Labute approximate surface area is 128 Å². The second-order valence-corrected chi connectivity index (χ2v) is 5.15. The number of hydrogen-bond acceptors (Lipinski definition) is 2. The van der Waals surface area contributed by atoms with Crippen LogP contribution in [0.15, 0.2) is 42.5 Å². The van der Waals surface area contributed by atoms with Gasteiger partial charge in [0.15, 0.2) is 0 Å². The van der Waals surface area contributed by atoms with Gasteiger partial charge in [-0.25, -0.2) is 0 Å². The summed E-state index contributed by atoms with van der Waals surface area (Å²) >= 11 is 0. The summed E-state index contributed by atoms with van der Waals surface area (Å²) in [5.74, 6) is 5.94. The maximum absolute atomic E-state index is 9.92. The topological polar surface area (TPSA) is 29.5 Å². The monoisotopic (exact) mass is 286 g/mol. The molecule has 114 valence electrons. The molecule has 0 amide bonds. The Morgan fingerprint density at radius 2 is 2.05 bits per heavy atom. The zero-order valence-corrected chi connectivity index (χ0v) is 13.1. The van der Waals surface area contributed by atoms with E-state index in [-0.39, 0.29) is 5.92 Å². The summed E-state index contributed by atoms with van der Waals surface area (Å²) in [7, 11) is 0. The Hall–Kier alpha value is -1.56. The molecule has 1 aromatic carbocycles. The number of ether oxygens (including phenoxy) is 1. The standard InChI is InChI=1S/C19H26O2/c1-3-4-5-9-14-19(20)17(2)11-10-15-21-16-18-12-7-6-8-13-18/h6-9,12-14,17,19-20H,3-5,15-16H2,1-2H3/b14-9+/t17-,19-/m1/s1. The van der Waals surface area contributed by atoms with E-state index in [1.807, 2.05) is 49.4 Å². The predicted octanol–water partition coefficient (Wildman–Crippen LogP) is 3.95. The number of rotatable bonds is 8. The highest BCUT2D eigenvalue weighted by Crippen LogP contribution is 2.05. The normalized spacial score (nSPS) is 13.7. The third kappa shape index (κ3) is 8.34. The van der Waals surface area contributed by atoms with Crippen LogP contribution in [0.25, 0.3) is 0 Å². The summed E-state index contributed by atoms with van der Waals surface area (Å²) in [5.41, 5.74) is 1.14. The lowest BCUT2D eigenvalue weighted by Gasteiger charge is -2.08. The van der Waals surface area contributed by atoms with Gasteiger partial charge in [0.1, 0.15) is 6.61 Å². The molecule has 0 spiro atoms. The van der Waals surface area contributed by atoms with Gasteiger partial charge in [-0.05, 0) is 18.9 Å². The van der Waals surface area contributed by atoms with Crippen LogP contribution < -0.4 is 0 Å². The number of unbranched alkanes of at least 4 members (excludes halogenated alkanes) is 2. The van der Waals surface area contributed by atoms with Gasteiger partial charge in [-0.3, -0.25) is 0 Å². The van der Waals surface area contributed by atoms with Crippen LogP contribution in [0.1, 0.15) is 38.7 Å². The van der Waals surface area contributed by atoms with Crippen molar-refractivity contribution in [1.29, 1.82) is 0 Å². The molecule has 0 unspecified atom stereocenters. The van der Waals surface area contributed by atoms with Crippen molar-refractivity contribution in [2.45, 2.75) is 45.8 Å². The molecule has 2 heteroatoms. The third-order valence-electron chi connectivity index (χ3n) is 3.19. The summed E-state index contributed by atoms with van der Waals surface area (Å²) in [4.78, 5) is 0. The van der Waals surface area contributed by atoms with Crippen LogP contribution in [0.3, 0.4) is 0 Å². The van der Waals surface area contributed by atoms with Gasteiger partial charge in [0.25, 0.3) is 0 Å². The fraction of sp³-hybridized carbons (Fsp3) is 0.474. The highest BCUT2D eigenvalue weighted by atomic mass is 16.5. The summed E-state index contributed by atoms with van der Waals surface area (Å²) in [6.45, 7) is 5.06. The van der Waals surface area contributed by atoms with Crippen LogP contribution >= 0.6 is 0 Å². The van der Waals surface area contributed by atoms with Crippen LogP contribution in [0.2, 0.25) is 0 Å². The Balaban J connectivity index is 2.22. The minimum atomic E-state index is -0.497. The zero-order valence-electron chi connectivity index (χ0n) is 13.1. The lowest BCUT2D eigenvalue weighted by molar-refractivity contribution is 0.153. The molecule has 2 nitrogen and oxygen atoms in total. The lowest BCUT2D eigenvalue weighted by Crippen LogP contribution is -2.12. The quantitative estimate of drug-likeness (QED) is 0.445. The number of aliphatic hydroxyl groups is 1. The molecule has 2 atom stereocenters. The van der Waals surface area contributed by atoms with Gasteiger partial charge in [0.2, 0.25) is 0 Å². The molecule has 0 saturated heterocycles. The highest BCUT2D eigenvalue weighted by molar-refractivity contribution is 5.13. The molecule has 0 heterocycles. The number of aliphatic hydroxyl groups excluding tert-OH is 1. The first-order chi connectivity index (χ1) is 10.2. The maximum Gasteiger partial charge on any atom is 0.108 e. The Morgan fingerprint density at radius 1 is 1.29 bits per heavy atom. The van der Waals surface area contributed by atoms with E-state index in [9.17, 15) is 5.11 Å². The summed E-state index contributed by atoms with van der Waals surface area (Å²) in [5, 5.41) is 9.92. The molecule has 0 bridgehead atoms. The van der Waals surface area contributed by atoms with Crippen LogP contribution in [-0.2, 0) is 11.3 Å². The smallest absolute Gasteiger partial charge is 0.108 e. The second kappa shape index (κ2) is 11.1. The van der Waals surface area contributed by atoms with Gasteiger partial charge in [0.05, 0.1) is 12.7 Å². The summed E-state index contributed by atoms with van der Waals surface area (Å²) < 4.78 is 5.49. The van der Waals surface area contributed by atoms with Crippen LogP contribution in [0.4, 0.5) is 0 Å². The van der Waals surface area contributed by atoms with Gasteiger partial charge < -0.3 is 9.84 Å². The lowest BCUT2D eigenvalue weighted by atomic mass is 10.0. The minimum Gasteiger partial charge on any atom is -0.388 e. The SMILES string of the molecule is CCCC/C=C/[C@@H](O)[C@H](C)C#CCOCc1ccccc1. The molecule has 1 N–H and O–H groups in total. The molecule has 0 fully saturated rings. The van der Waals surface area contributed by atoms with E-state index in [0.29, 0.717) is 13.2 Å². The molecule has 0 aliphatic heterocycles. The second-order valence-electron chi connectivity index (χ2n) is 5.15. The molecule has 21 heavy (non-hydrogen) atoms. The summed E-state index contributed by atoms with van der Waals surface area (Å²) in [6, 6.07) is 10.0. The largest absolute Gasteiger partial charge is 0.388 e. The summed E-state index contributed by atoms with van der Waals surface area (Å²) in [6.07, 6.45) is 6.75. The first-order valence-corrected chi connectivity index (χ1v) is 7.68. The van der Waals surface area contributed by atoms with Crippen LogP contribution in [0, 0.1) is 17.8 Å². The van der Waals surface area contributed by atoms with Crippen molar-refractivity contribution in [2.75, 3.05) is 6.61 Å². The zero-order chi connectivity index (χ0) is 15.3. The van der Waals surface area contributed by atoms with Gasteiger partial charge >= 0.3 is 0 Å². The number of allylic oxidation sites excluding steroid dienone is 1. The Kier molecular flexibility index (Phi) is 9.28. The van der Waals surface area contributed by atoms with Crippen LogP contribution in [-0.4, -0.2) is 17.8 Å². The average molecular weight is 286 g/mol. The fourth-order valence-corrected chi connectivity index (χ4v) is 1.81. The molecule has 0 aromatic heterocycles. The van der Waals surface area contributed by atoms with Gasteiger partial charge in [-0.2, -0.15) is 0 Å². The molecule has 0 radical (unpaired) electrons. The number of hydrogen-bond donors (Lipinski definition) is 1. The van der Waals surface area contributed by atoms with Crippen molar-refractivity contribution < 1.29 is 9.84 Å². The molecule has 1 rings (SSSR count). The molecule has 0 saturated carbocycles. The van der Waals surface area contributed by atoms with Crippen molar-refractivity contribution in [3.63, 3.8) is 0 Å². The maximum atomic E-state index is 9.92. The van der Waals surface area contributed by atoms with E-state index in [1.165, 1.54) is 6.42 Å². The van der Waals surface area contributed by atoms with E-state index >= 15 is 0 Å². The fourth-order valence-electron chi connectivity index (χ4n) is 1.81. The third-order valence-corrected chi connectivity index (χ3v) is 3.19. The van der Waals surface area contributed by atoms with E-state index in [2.05, 4.69) is 18.8 Å². The molecular formula is C19H26O2. The van der Waals surface area contributed by atoms with Crippen LogP contribution in [0.5, 0.6) is 0 Å². The van der Waals surface area contributed by atoms with Gasteiger partial charge in [-0.1, -0.05) is 74.1 Å². The van der Waals surface area contributed by atoms with E-state index in [1.54, 1.807) is 0 Å². The number of benzene rings is 1. The molecule has 1 aromatic rings. The van der Waals surface area contributed by atoms with Crippen molar-refractivity contribution in [2.24, 2.45) is 5.92 Å². The molecular weight excluding hydrogens is 260 g/mol. The molecule has 0 aliphatic carbocycles. The van der Waals surface area contributed by atoms with E-state index < -0.39 is 6.10 Å². The molecule has 0 aliphatic rings. The van der Waals surface area contributed by atoms with Crippen molar-refractivity contribution >= 4 is 0 Å². The van der Waals surface area contributed by atoms with E-state index in [4.69, 9.17) is 4.74 Å². The van der Waals surface area contributed by atoms with Gasteiger partial charge in [-0.15, -0.1) is 0 Å². The van der Waals surface area contributed by atoms with Gasteiger partial charge in [0, 0.05) is 5.92 Å². The first kappa shape index (κ1) is 17.5. The first-order valence-electron chi connectivity index (χ1n) is 7.68.